The maximum absolute atomic E-state index is 12.1. The topological polar surface area (TPSA) is 54.4 Å². The molecule has 1 aliphatic carbocycles. The quantitative estimate of drug-likeness (QED) is 0.644. The third-order valence-electron chi connectivity index (χ3n) is 3.86. The normalized spacial score (nSPS) is 16.1. The molecule has 1 fully saturated rings. The lowest BCUT2D eigenvalue weighted by Gasteiger charge is -2.20. The molecule has 0 unspecified atom stereocenters. The second-order valence-corrected chi connectivity index (χ2v) is 6.42. The summed E-state index contributed by atoms with van der Waals surface area (Å²) in [6.07, 6.45) is 6.23. The largest absolute Gasteiger partial charge is 0.507 e. The Morgan fingerprint density at radius 3 is 2.60 bits per heavy atom. The molecular formula is C16H19BrO3. The molecule has 1 N–H and O–H groups in total. The van der Waals surface area contributed by atoms with Gasteiger partial charge in [-0.05, 0) is 24.1 Å². The van der Waals surface area contributed by atoms with Crippen LogP contribution < -0.4 is 0 Å². The van der Waals surface area contributed by atoms with Crippen molar-refractivity contribution >= 4 is 27.5 Å². The fourth-order valence-electron chi connectivity index (χ4n) is 2.79. The van der Waals surface area contributed by atoms with E-state index in [2.05, 4.69) is 15.9 Å². The molecule has 0 spiro atoms. The SMILES string of the molecule is O=C(CC(=O)c1cc(Br)ccc1O)CC1CCCCC1. The Bertz CT molecular complexity index is 504. The smallest absolute Gasteiger partial charge is 0.173 e. The summed E-state index contributed by atoms with van der Waals surface area (Å²) in [5.41, 5.74) is 0.219. The summed E-state index contributed by atoms with van der Waals surface area (Å²) in [5, 5.41) is 9.69. The number of benzene rings is 1. The van der Waals surface area contributed by atoms with Crippen molar-refractivity contribution in [1.82, 2.24) is 0 Å². The van der Waals surface area contributed by atoms with Crippen molar-refractivity contribution in [2.75, 3.05) is 0 Å². The summed E-state index contributed by atoms with van der Waals surface area (Å²) in [4.78, 5) is 24.0. The van der Waals surface area contributed by atoms with E-state index < -0.39 is 0 Å². The molecule has 0 amide bonds. The van der Waals surface area contributed by atoms with Crippen LogP contribution in [-0.4, -0.2) is 16.7 Å². The molecule has 1 aliphatic rings. The van der Waals surface area contributed by atoms with Gasteiger partial charge in [-0.1, -0.05) is 48.0 Å². The lowest BCUT2D eigenvalue weighted by atomic mass is 9.85. The second-order valence-electron chi connectivity index (χ2n) is 5.51. The van der Waals surface area contributed by atoms with E-state index in [0.717, 1.165) is 17.3 Å². The molecule has 0 aromatic heterocycles. The number of halogens is 1. The number of rotatable bonds is 5. The van der Waals surface area contributed by atoms with E-state index in [9.17, 15) is 14.7 Å². The van der Waals surface area contributed by atoms with Crippen LogP contribution in [0.4, 0.5) is 0 Å². The number of hydrogen-bond donors (Lipinski definition) is 1. The van der Waals surface area contributed by atoms with Crippen molar-refractivity contribution in [1.29, 1.82) is 0 Å². The van der Waals surface area contributed by atoms with E-state index >= 15 is 0 Å². The second kappa shape index (κ2) is 7.02. The van der Waals surface area contributed by atoms with Crippen molar-refractivity contribution in [2.45, 2.75) is 44.9 Å². The minimum absolute atomic E-state index is 0.0127. The van der Waals surface area contributed by atoms with Crippen LogP contribution >= 0.6 is 15.9 Å². The zero-order chi connectivity index (χ0) is 14.5. The molecule has 20 heavy (non-hydrogen) atoms. The summed E-state index contributed by atoms with van der Waals surface area (Å²) in [6.45, 7) is 0. The predicted molar refractivity (Wildman–Crippen MR) is 81.0 cm³/mol. The number of carbonyl (C=O) groups is 2. The van der Waals surface area contributed by atoms with Gasteiger partial charge in [0.25, 0.3) is 0 Å². The lowest BCUT2D eigenvalue weighted by Crippen LogP contribution is -2.15. The number of phenolic OH excluding ortho intramolecular Hbond substituents is 1. The first kappa shape index (κ1) is 15.2. The molecule has 0 atom stereocenters. The van der Waals surface area contributed by atoms with E-state index in [1.165, 1.54) is 25.3 Å². The first-order valence-electron chi connectivity index (χ1n) is 7.09. The first-order valence-corrected chi connectivity index (χ1v) is 7.89. The molecule has 0 aliphatic heterocycles. The number of carbonyl (C=O) groups excluding carboxylic acids is 2. The third-order valence-corrected chi connectivity index (χ3v) is 4.35. The highest BCUT2D eigenvalue weighted by Gasteiger charge is 2.20. The van der Waals surface area contributed by atoms with Gasteiger partial charge in [0.2, 0.25) is 0 Å². The van der Waals surface area contributed by atoms with E-state index in [0.29, 0.717) is 12.3 Å². The Kier molecular flexibility index (Phi) is 5.35. The molecule has 0 heterocycles. The highest BCUT2D eigenvalue weighted by molar-refractivity contribution is 9.10. The number of Topliss-reactive ketones (excluding diaryl/α,β-unsaturated/α-hetero) is 2. The average Bonchev–Trinajstić information content (AvgIpc) is 2.42. The average molecular weight is 339 g/mol. The van der Waals surface area contributed by atoms with Gasteiger partial charge in [-0.15, -0.1) is 0 Å². The maximum Gasteiger partial charge on any atom is 0.173 e. The van der Waals surface area contributed by atoms with Gasteiger partial charge >= 0.3 is 0 Å². The molecule has 2 rings (SSSR count). The van der Waals surface area contributed by atoms with E-state index in [1.807, 2.05) is 0 Å². The molecule has 1 aromatic rings. The molecule has 108 valence electrons. The van der Waals surface area contributed by atoms with Crippen LogP contribution in [0, 0.1) is 5.92 Å². The number of phenols is 1. The summed E-state index contributed by atoms with van der Waals surface area (Å²) in [7, 11) is 0. The van der Waals surface area contributed by atoms with Gasteiger partial charge in [0, 0.05) is 10.9 Å². The third kappa shape index (κ3) is 4.17. The van der Waals surface area contributed by atoms with Crippen LogP contribution in [-0.2, 0) is 4.79 Å². The van der Waals surface area contributed by atoms with Gasteiger partial charge < -0.3 is 5.11 Å². The van der Waals surface area contributed by atoms with Gasteiger partial charge in [0.05, 0.1) is 12.0 Å². The molecule has 1 aromatic carbocycles. The summed E-state index contributed by atoms with van der Waals surface area (Å²) < 4.78 is 0.721. The summed E-state index contributed by atoms with van der Waals surface area (Å²) in [5.74, 6) is 0.0645. The van der Waals surface area contributed by atoms with Crippen molar-refractivity contribution < 1.29 is 14.7 Å². The minimum atomic E-state index is -0.301. The Morgan fingerprint density at radius 1 is 1.20 bits per heavy atom. The van der Waals surface area contributed by atoms with E-state index in [-0.39, 0.29) is 29.3 Å². The number of aromatic hydroxyl groups is 1. The number of ketones is 2. The molecule has 0 radical (unpaired) electrons. The standard InChI is InChI=1S/C16H19BrO3/c17-12-6-7-15(19)14(9-12)16(20)10-13(18)8-11-4-2-1-3-5-11/h6-7,9,11,19H,1-5,8,10H2. The van der Waals surface area contributed by atoms with Gasteiger partial charge in [-0.2, -0.15) is 0 Å². The number of hydrogen-bond acceptors (Lipinski definition) is 3. The molecular weight excluding hydrogens is 320 g/mol. The van der Waals surface area contributed by atoms with Crippen molar-refractivity contribution in [3.8, 4) is 5.75 Å². The highest BCUT2D eigenvalue weighted by Crippen LogP contribution is 2.28. The molecule has 3 nitrogen and oxygen atoms in total. The molecule has 0 bridgehead atoms. The Labute approximate surface area is 127 Å². The van der Waals surface area contributed by atoms with Crippen LogP contribution in [0.25, 0.3) is 0 Å². The zero-order valence-corrected chi connectivity index (χ0v) is 13.0. The Hall–Kier alpha value is -1.16. The van der Waals surface area contributed by atoms with Crippen molar-refractivity contribution in [2.24, 2.45) is 5.92 Å². The van der Waals surface area contributed by atoms with E-state index in [4.69, 9.17) is 0 Å². The molecule has 4 heteroatoms. The maximum atomic E-state index is 12.1. The molecule has 1 saturated carbocycles. The summed E-state index contributed by atoms with van der Waals surface area (Å²) >= 11 is 3.26. The van der Waals surface area contributed by atoms with Crippen LogP contribution in [0.2, 0.25) is 0 Å². The lowest BCUT2D eigenvalue weighted by molar-refractivity contribution is -0.119. The van der Waals surface area contributed by atoms with Crippen LogP contribution in [0.15, 0.2) is 22.7 Å². The van der Waals surface area contributed by atoms with E-state index in [1.54, 1.807) is 12.1 Å². The van der Waals surface area contributed by atoms with Crippen LogP contribution in [0.1, 0.15) is 55.3 Å². The van der Waals surface area contributed by atoms with Crippen LogP contribution in [0.5, 0.6) is 5.75 Å². The van der Waals surface area contributed by atoms with Crippen molar-refractivity contribution in [3.63, 3.8) is 0 Å². The molecule has 0 saturated heterocycles. The predicted octanol–water partition coefficient (Wildman–Crippen LogP) is 4.27. The summed E-state index contributed by atoms with van der Waals surface area (Å²) in [6, 6.07) is 4.68. The van der Waals surface area contributed by atoms with Crippen LogP contribution in [0.3, 0.4) is 0 Å². The minimum Gasteiger partial charge on any atom is -0.507 e. The fraction of sp³-hybridized carbons (Fsp3) is 0.500. The first-order chi connectivity index (χ1) is 9.56. The monoisotopic (exact) mass is 338 g/mol. The van der Waals surface area contributed by atoms with Gasteiger partial charge in [-0.3, -0.25) is 9.59 Å². The van der Waals surface area contributed by atoms with Gasteiger partial charge in [0.1, 0.15) is 11.5 Å². The Morgan fingerprint density at radius 2 is 1.90 bits per heavy atom. The Balaban J connectivity index is 1.93. The van der Waals surface area contributed by atoms with Gasteiger partial charge in [-0.25, -0.2) is 0 Å². The highest BCUT2D eigenvalue weighted by atomic mass is 79.9. The van der Waals surface area contributed by atoms with Crippen molar-refractivity contribution in [3.05, 3.63) is 28.2 Å². The van der Waals surface area contributed by atoms with Gasteiger partial charge in [0.15, 0.2) is 5.78 Å². The fourth-order valence-corrected chi connectivity index (χ4v) is 3.15. The zero-order valence-electron chi connectivity index (χ0n) is 11.4.